The van der Waals surface area contributed by atoms with Gasteiger partial charge in [0.2, 0.25) is 0 Å². The average molecular weight is 256 g/mol. The van der Waals surface area contributed by atoms with Crippen molar-refractivity contribution >= 4 is 12.0 Å². The third kappa shape index (κ3) is 4.55. The zero-order chi connectivity index (χ0) is 13.4. The van der Waals surface area contributed by atoms with E-state index in [1.165, 1.54) is 0 Å². The summed E-state index contributed by atoms with van der Waals surface area (Å²) in [6, 6.07) is -0.00856. The van der Waals surface area contributed by atoms with Crippen molar-refractivity contribution in [3.63, 3.8) is 0 Å². The molecule has 0 unspecified atom stereocenters. The first-order valence-electron chi connectivity index (χ1n) is 6.88. The van der Waals surface area contributed by atoms with Crippen LogP contribution in [0.1, 0.15) is 39.5 Å². The number of esters is 1. The van der Waals surface area contributed by atoms with Crippen LogP contribution in [-0.2, 0) is 9.53 Å². The molecule has 1 saturated heterocycles. The summed E-state index contributed by atoms with van der Waals surface area (Å²) in [6.45, 7) is 6.35. The van der Waals surface area contributed by atoms with Gasteiger partial charge in [-0.25, -0.2) is 4.79 Å². The first kappa shape index (κ1) is 14.8. The molecule has 104 valence electrons. The zero-order valence-electron chi connectivity index (χ0n) is 11.4. The highest BCUT2D eigenvalue weighted by molar-refractivity contribution is 5.75. The lowest BCUT2D eigenvalue weighted by Gasteiger charge is -2.30. The Kier molecular flexibility index (Phi) is 6.54. The Morgan fingerprint density at radius 1 is 1.28 bits per heavy atom. The molecule has 18 heavy (non-hydrogen) atoms. The first-order chi connectivity index (χ1) is 8.69. The van der Waals surface area contributed by atoms with Crippen LogP contribution in [0.15, 0.2) is 0 Å². The van der Waals surface area contributed by atoms with Gasteiger partial charge in [0, 0.05) is 19.6 Å². The van der Waals surface area contributed by atoms with Gasteiger partial charge in [-0.3, -0.25) is 4.79 Å². The molecular formula is C13H24N2O3. The number of nitrogens with zero attached hydrogens (tertiary/aromatic N) is 1. The van der Waals surface area contributed by atoms with Crippen LogP contribution in [0.3, 0.4) is 0 Å². The molecule has 0 spiro atoms. The van der Waals surface area contributed by atoms with E-state index in [9.17, 15) is 9.59 Å². The summed E-state index contributed by atoms with van der Waals surface area (Å²) < 4.78 is 5.00. The number of carbonyl (C=O) groups excluding carboxylic acids is 2. The Labute approximate surface area is 109 Å². The van der Waals surface area contributed by atoms with Crippen molar-refractivity contribution in [3.05, 3.63) is 0 Å². The van der Waals surface area contributed by atoms with Crippen molar-refractivity contribution in [1.29, 1.82) is 0 Å². The van der Waals surface area contributed by atoms with Gasteiger partial charge in [-0.2, -0.15) is 0 Å². The smallest absolute Gasteiger partial charge is 0.317 e. The summed E-state index contributed by atoms with van der Waals surface area (Å²) in [7, 11) is 0. The van der Waals surface area contributed by atoms with E-state index in [0.29, 0.717) is 32.5 Å². The number of nitrogens with one attached hydrogen (secondary N) is 1. The van der Waals surface area contributed by atoms with E-state index in [0.717, 1.165) is 19.4 Å². The van der Waals surface area contributed by atoms with E-state index in [4.69, 9.17) is 4.74 Å². The second-order valence-electron chi connectivity index (χ2n) is 4.60. The maximum Gasteiger partial charge on any atom is 0.317 e. The highest BCUT2D eigenvalue weighted by Gasteiger charge is 2.27. The molecule has 1 fully saturated rings. The fourth-order valence-corrected chi connectivity index (χ4v) is 2.06. The summed E-state index contributed by atoms with van der Waals surface area (Å²) in [5.41, 5.74) is 0. The number of rotatable bonds is 5. The molecule has 5 nitrogen and oxygen atoms in total. The molecule has 0 atom stereocenters. The molecule has 0 aliphatic carbocycles. The summed E-state index contributed by atoms with van der Waals surface area (Å²) >= 11 is 0. The molecular weight excluding hydrogens is 232 g/mol. The molecule has 1 aliphatic rings. The Hall–Kier alpha value is -1.26. The molecule has 1 rings (SSSR count). The van der Waals surface area contributed by atoms with Gasteiger partial charge in [0.1, 0.15) is 0 Å². The van der Waals surface area contributed by atoms with Crippen molar-refractivity contribution < 1.29 is 14.3 Å². The van der Waals surface area contributed by atoms with Crippen LogP contribution in [0.25, 0.3) is 0 Å². The molecule has 5 heteroatoms. The molecule has 0 bridgehead atoms. The minimum absolute atomic E-state index is 0.00856. The van der Waals surface area contributed by atoms with Gasteiger partial charge in [0.15, 0.2) is 0 Å². The number of likely N-dealkylation sites (tertiary alicyclic amines) is 1. The Bertz CT molecular complexity index is 273. The van der Waals surface area contributed by atoms with Gasteiger partial charge in [-0.1, -0.05) is 13.3 Å². The van der Waals surface area contributed by atoms with Crippen molar-refractivity contribution in [3.8, 4) is 0 Å². The van der Waals surface area contributed by atoms with E-state index in [-0.39, 0.29) is 17.9 Å². The summed E-state index contributed by atoms with van der Waals surface area (Å²) in [4.78, 5) is 25.1. The predicted octanol–water partition coefficient (Wildman–Crippen LogP) is 1.77. The normalized spacial score (nSPS) is 16.4. The standard InChI is InChI=1S/C13H24N2O3/c1-3-5-8-14-13(17)15-9-6-11(7-10-15)12(16)18-4-2/h11H,3-10H2,1-2H3,(H,14,17). The molecule has 0 aromatic carbocycles. The Morgan fingerprint density at radius 3 is 2.50 bits per heavy atom. The van der Waals surface area contributed by atoms with Crippen LogP contribution in [0, 0.1) is 5.92 Å². The minimum Gasteiger partial charge on any atom is -0.466 e. The maximum atomic E-state index is 11.8. The summed E-state index contributed by atoms with van der Waals surface area (Å²) in [6.07, 6.45) is 3.50. The van der Waals surface area contributed by atoms with E-state index in [2.05, 4.69) is 12.2 Å². The molecule has 1 heterocycles. The molecule has 0 aromatic rings. The van der Waals surface area contributed by atoms with Gasteiger partial charge in [0.05, 0.1) is 12.5 Å². The average Bonchev–Trinajstić information content (AvgIpc) is 2.39. The lowest BCUT2D eigenvalue weighted by Crippen LogP contribution is -2.45. The van der Waals surface area contributed by atoms with E-state index in [1.807, 2.05) is 6.92 Å². The maximum absolute atomic E-state index is 11.8. The van der Waals surface area contributed by atoms with E-state index < -0.39 is 0 Å². The van der Waals surface area contributed by atoms with Gasteiger partial charge in [-0.15, -0.1) is 0 Å². The first-order valence-corrected chi connectivity index (χ1v) is 6.88. The number of piperidine rings is 1. The van der Waals surface area contributed by atoms with Gasteiger partial charge < -0.3 is 15.0 Å². The minimum atomic E-state index is -0.122. The highest BCUT2D eigenvalue weighted by Crippen LogP contribution is 2.18. The van der Waals surface area contributed by atoms with Crippen LogP contribution >= 0.6 is 0 Å². The molecule has 1 aliphatic heterocycles. The van der Waals surface area contributed by atoms with Crippen LogP contribution in [-0.4, -0.2) is 43.1 Å². The number of ether oxygens (including phenoxy) is 1. The number of amides is 2. The van der Waals surface area contributed by atoms with Crippen molar-refractivity contribution in [2.75, 3.05) is 26.2 Å². The number of urea groups is 1. The van der Waals surface area contributed by atoms with Crippen molar-refractivity contribution in [1.82, 2.24) is 10.2 Å². The Balaban J connectivity index is 2.26. The highest BCUT2D eigenvalue weighted by atomic mass is 16.5. The zero-order valence-corrected chi connectivity index (χ0v) is 11.4. The van der Waals surface area contributed by atoms with E-state index >= 15 is 0 Å². The monoisotopic (exact) mass is 256 g/mol. The number of hydrogen-bond donors (Lipinski definition) is 1. The lowest BCUT2D eigenvalue weighted by atomic mass is 9.97. The SMILES string of the molecule is CCCCNC(=O)N1CCC(C(=O)OCC)CC1. The third-order valence-corrected chi connectivity index (χ3v) is 3.21. The third-order valence-electron chi connectivity index (χ3n) is 3.21. The summed E-state index contributed by atoms with van der Waals surface area (Å²) in [5.74, 6) is -0.159. The number of hydrogen-bond acceptors (Lipinski definition) is 3. The quantitative estimate of drug-likeness (QED) is 0.602. The van der Waals surface area contributed by atoms with Gasteiger partial charge in [0.25, 0.3) is 0 Å². The predicted molar refractivity (Wildman–Crippen MR) is 69.2 cm³/mol. The summed E-state index contributed by atoms with van der Waals surface area (Å²) in [5, 5.41) is 2.89. The van der Waals surface area contributed by atoms with E-state index in [1.54, 1.807) is 4.90 Å². The Morgan fingerprint density at radius 2 is 1.94 bits per heavy atom. The number of carbonyl (C=O) groups is 2. The fourth-order valence-electron chi connectivity index (χ4n) is 2.06. The number of unbranched alkanes of at least 4 members (excludes halogenated alkanes) is 1. The fraction of sp³-hybridized carbons (Fsp3) is 0.846. The second kappa shape index (κ2) is 7.95. The molecule has 1 N–H and O–H groups in total. The topological polar surface area (TPSA) is 58.6 Å². The van der Waals surface area contributed by atoms with Crippen LogP contribution in [0.2, 0.25) is 0 Å². The van der Waals surface area contributed by atoms with Crippen LogP contribution < -0.4 is 5.32 Å². The molecule has 0 saturated carbocycles. The van der Waals surface area contributed by atoms with Gasteiger partial charge >= 0.3 is 12.0 Å². The second-order valence-corrected chi connectivity index (χ2v) is 4.60. The van der Waals surface area contributed by atoms with Crippen molar-refractivity contribution in [2.45, 2.75) is 39.5 Å². The lowest BCUT2D eigenvalue weighted by molar-refractivity contribution is -0.149. The molecule has 0 radical (unpaired) electrons. The van der Waals surface area contributed by atoms with Gasteiger partial charge in [-0.05, 0) is 26.2 Å². The van der Waals surface area contributed by atoms with Crippen LogP contribution in [0.5, 0.6) is 0 Å². The van der Waals surface area contributed by atoms with Crippen molar-refractivity contribution in [2.24, 2.45) is 5.92 Å². The van der Waals surface area contributed by atoms with Crippen LogP contribution in [0.4, 0.5) is 4.79 Å². The molecule has 0 aromatic heterocycles. The largest absolute Gasteiger partial charge is 0.466 e. The molecule has 2 amide bonds.